The lowest BCUT2D eigenvalue weighted by atomic mass is 9.86. The second kappa shape index (κ2) is 10.1. The summed E-state index contributed by atoms with van der Waals surface area (Å²) < 4.78 is 29.0. The monoisotopic (exact) mass is 517 g/mol. The molecule has 0 bridgehead atoms. The zero-order chi connectivity index (χ0) is 26.1. The number of benzene rings is 1. The highest BCUT2D eigenvalue weighted by Crippen LogP contribution is 2.42. The molecule has 0 N–H and O–H groups in total. The van der Waals surface area contributed by atoms with Crippen LogP contribution in [0.2, 0.25) is 0 Å². The summed E-state index contributed by atoms with van der Waals surface area (Å²) in [6.07, 6.45) is 7.82. The van der Waals surface area contributed by atoms with E-state index >= 15 is 0 Å². The van der Waals surface area contributed by atoms with E-state index in [1.165, 1.54) is 6.07 Å². The van der Waals surface area contributed by atoms with Crippen LogP contribution in [0.1, 0.15) is 36.6 Å². The van der Waals surface area contributed by atoms with E-state index < -0.39 is 11.6 Å². The van der Waals surface area contributed by atoms with Crippen LogP contribution in [0.3, 0.4) is 0 Å². The molecule has 2 aliphatic rings. The van der Waals surface area contributed by atoms with Crippen molar-refractivity contribution < 1.29 is 13.6 Å². The van der Waals surface area contributed by atoms with Gasteiger partial charge < -0.3 is 9.74 Å². The van der Waals surface area contributed by atoms with Gasteiger partial charge in [-0.05, 0) is 68.3 Å². The Kier molecular flexibility index (Phi) is 6.49. The Bertz CT molecular complexity index is 1470. The third kappa shape index (κ3) is 4.71. The summed E-state index contributed by atoms with van der Waals surface area (Å²) in [7, 11) is 0. The molecular weight excluding hydrogens is 488 g/mol. The molecule has 3 aromatic heterocycles. The van der Waals surface area contributed by atoms with Crippen molar-refractivity contribution in [1.29, 1.82) is 0 Å². The molecule has 4 aromatic rings. The number of anilines is 1. The molecule has 8 nitrogen and oxygen atoms in total. The highest BCUT2D eigenvalue weighted by molar-refractivity contribution is 6.11. The minimum atomic E-state index is -0.935. The molecule has 1 atom stereocenters. The van der Waals surface area contributed by atoms with E-state index in [9.17, 15) is 8.78 Å². The molecule has 0 amide bonds. The standard InChI is InChI=1S/C28H29F2N7O/c1-2-38-34-27(21-6-7-22(29)23(30)14-21)24-8-5-20(15-31-24)17-35-12-9-28(18-35)10-13-36(19-28)26-16-33-37-25(26)4-3-11-32-37/h3-8,11,14-16H,2,9-10,12-13,17-19H2,1H3. The van der Waals surface area contributed by atoms with Crippen LogP contribution in [0.25, 0.3) is 5.52 Å². The third-order valence-electron chi connectivity index (χ3n) is 7.53. The van der Waals surface area contributed by atoms with Crippen molar-refractivity contribution >= 4 is 16.9 Å². The lowest BCUT2D eigenvalue weighted by molar-refractivity contribution is 0.159. The van der Waals surface area contributed by atoms with E-state index in [4.69, 9.17) is 4.84 Å². The topological polar surface area (TPSA) is 71.2 Å². The molecule has 38 heavy (non-hydrogen) atoms. The zero-order valence-electron chi connectivity index (χ0n) is 21.2. The molecule has 1 spiro atoms. The van der Waals surface area contributed by atoms with Gasteiger partial charge in [0.15, 0.2) is 11.6 Å². The third-order valence-corrected chi connectivity index (χ3v) is 7.53. The number of fused-ring (bicyclic) bond motifs is 1. The number of hydrogen-bond donors (Lipinski definition) is 0. The molecular formula is C28H29F2N7O. The first kappa shape index (κ1) is 24.4. The molecule has 1 aromatic carbocycles. The smallest absolute Gasteiger partial charge is 0.159 e. The highest BCUT2D eigenvalue weighted by Gasteiger charge is 2.43. The molecule has 2 saturated heterocycles. The van der Waals surface area contributed by atoms with Crippen LogP contribution in [0.15, 0.2) is 66.2 Å². The number of oxime groups is 1. The number of pyridine rings is 1. The number of hydrogen-bond acceptors (Lipinski definition) is 7. The van der Waals surface area contributed by atoms with Gasteiger partial charge in [-0.25, -0.2) is 8.78 Å². The maximum Gasteiger partial charge on any atom is 0.159 e. The first-order valence-electron chi connectivity index (χ1n) is 12.9. The van der Waals surface area contributed by atoms with E-state index in [0.717, 1.165) is 74.5 Å². The Balaban J connectivity index is 1.12. The second-order valence-electron chi connectivity index (χ2n) is 10.1. The fourth-order valence-electron chi connectivity index (χ4n) is 5.64. The van der Waals surface area contributed by atoms with Gasteiger partial charge in [0.1, 0.15) is 17.8 Å². The van der Waals surface area contributed by atoms with Crippen LogP contribution in [-0.4, -0.2) is 63.2 Å². The summed E-state index contributed by atoms with van der Waals surface area (Å²) in [6, 6.07) is 11.6. The maximum absolute atomic E-state index is 13.9. The van der Waals surface area contributed by atoms with Crippen LogP contribution in [0.4, 0.5) is 14.5 Å². The van der Waals surface area contributed by atoms with Gasteiger partial charge >= 0.3 is 0 Å². The van der Waals surface area contributed by atoms with Crippen molar-refractivity contribution in [2.75, 3.05) is 37.7 Å². The highest BCUT2D eigenvalue weighted by atomic mass is 19.2. The van der Waals surface area contributed by atoms with Crippen molar-refractivity contribution in [3.8, 4) is 0 Å². The number of rotatable bonds is 7. The quantitative estimate of drug-likeness (QED) is 0.269. The van der Waals surface area contributed by atoms with Gasteiger partial charge in [-0.2, -0.15) is 10.2 Å². The van der Waals surface area contributed by atoms with Gasteiger partial charge in [0.2, 0.25) is 0 Å². The van der Waals surface area contributed by atoms with E-state index in [1.54, 1.807) is 10.8 Å². The molecule has 1 unspecified atom stereocenters. The molecule has 0 radical (unpaired) electrons. The Labute approximate surface area is 219 Å². The van der Waals surface area contributed by atoms with E-state index in [2.05, 4.69) is 36.2 Å². The number of halogens is 2. The molecule has 0 aliphatic carbocycles. The number of likely N-dealkylation sites (tertiary alicyclic amines) is 1. The molecule has 196 valence electrons. The SMILES string of the molecule is CCON=C(c1ccc(F)c(F)c1)c1ccc(CN2CCC3(CCN(c4cnn5ncccc45)C3)C2)cn1. The molecule has 6 rings (SSSR count). The Morgan fingerprint density at radius 3 is 2.74 bits per heavy atom. The molecule has 0 saturated carbocycles. The lowest BCUT2D eigenvalue weighted by Crippen LogP contribution is -2.30. The van der Waals surface area contributed by atoms with Gasteiger partial charge in [-0.3, -0.25) is 9.88 Å². The summed E-state index contributed by atoms with van der Waals surface area (Å²) in [5.74, 6) is -1.84. The van der Waals surface area contributed by atoms with Gasteiger partial charge in [0.25, 0.3) is 0 Å². The zero-order valence-corrected chi connectivity index (χ0v) is 21.2. The Hall–Kier alpha value is -3.92. The summed E-state index contributed by atoms with van der Waals surface area (Å²) in [6.45, 7) is 7.08. The Morgan fingerprint density at radius 2 is 1.92 bits per heavy atom. The first-order chi connectivity index (χ1) is 18.5. The van der Waals surface area contributed by atoms with E-state index in [1.807, 2.05) is 37.5 Å². The van der Waals surface area contributed by atoms with Crippen LogP contribution in [0, 0.1) is 17.0 Å². The summed E-state index contributed by atoms with van der Waals surface area (Å²) in [5.41, 5.74) is 4.88. The van der Waals surface area contributed by atoms with Crippen LogP contribution >= 0.6 is 0 Å². The van der Waals surface area contributed by atoms with Gasteiger partial charge in [0, 0.05) is 49.6 Å². The largest absolute Gasteiger partial charge is 0.396 e. The molecule has 2 aliphatic heterocycles. The Morgan fingerprint density at radius 1 is 1.03 bits per heavy atom. The van der Waals surface area contributed by atoms with Crippen molar-refractivity contribution in [3.05, 3.63) is 89.5 Å². The van der Waals surface area contributed by atoms with Crippen molar-refractivity contribution in [2.45, 2.75) is 26.3 Å². The van der Waals surface area contributed by atoms with Crippen molar-refractivity contribution in [1.82, 2.24) is 24.7 Å². The van der Waals surface area contributed by atoms with Crippen LogP contribution < -0.4 is 4.90 Å². The van der Waals surface area contributed by atoms with Gasteiger partial charge in [-0.15, -0.1) is 4.63 Å². The van der Waals surface area contributed by atoms with Crippen LogP contribution in [0.5, 0.6) is 0 Å². The molecule has 5 heterocycles. The average molecular weight is 518 g/mol. The van der Waals surface area contributed by atoms with Gasteiger partial charge in [0.05, 0.1) is 17.6 Å². The minimum absolute atomic E-state index is 0.272. The second-order valence-corrected chi connectivity index (χ2v) is 10.1. The number of nitrogens with zero attached hydrogens (tertiary/aromatic N) is 7. The predicted octanol–water partition coefficient (Wildman–Crippen LogP) is 4.29. The summed E-state index contributed by atoms with van der Waals surface area (Å²) in [4.78, 5) is 14.8. The summed E-state index contributed by atoms with van der Waals surface area (Å²) in [5, 5.41) is 12.8. The molecule has 2 fully saturated rings. The normalized spacial score (nSPS) is 20.2. The molecule has 10 heteroatoms. The van der Waals surface area contributed by atoms with E-state index in [-0.39, 0.29) is 5.41 Å². The lowest BCUT2D eigenvalue weighted by Gasteiger charge is -2.25. The van der Waals surface area contributed by atoms with Crippen molar-refractivity contribution in [3.63, 3.8) is 0 Å². The first-order valence-corrected chi connectivity index (χ1v) is 12.9. The average Bonchev–Trinajstić information content (AvgIpc) is 3.66. The van der Waals surface area contributed by atoms with Crippen molar-refractivity contribution in [2.24, 2.45) is 10.6 Å². The predicted molar refractivity (Wildman–Crippen MR) is 140 cm³/mol. The minimum Gasteiger partial charge on any atom is -0.396 e. The van der Waals surface area contributed by atoms with E-state index in [0.29, 0.717) is 23.6 Å². The van der Waals surface area contributed by atoms with Gasteiger partial charge in [-0.1, -0.05) is 11.2 Å². The number of aromatic nitrogens is 4. The fraction of sp³-hybridized carbons (Fsp3) is 0.357. The summed E-state index contributed by atoms with van der Waals surface area (Å²) >= 11 is 0. The van der Waals surface area contributed by atoms with Crippen LogP contribution in [-0.2, 0) is 11.4 Å². The fourth-order valence-corrected chi connectivity index (χ4v) is 5.64. The maximum atomic E-state index is 13.9.